The first-order chi connectivity index (χ1) is 26.2. The van der Waals surface area contributed by atoms with Crippen LogP contribution in [0.3, 0.4) is 0 Å². The number of aliphatic carboxylic acids is 1. The molecule has 2 N–H and O–H groups in total. The van der Waals surface area contributed by atoms with Gasteiger partial charge in [0.15, 0.2) is 11.2 Å². The minimum atomic E-state index is -4.09. The van der Waals surface area contributed by atoms with Crippen molar-refractivity contribution in [2.24, 2.45) is 5.41 Å². The Bertz CT molecular complexity index is 2250. The second kappa shape index (κ2) is 15.2. The van der Waals surface area contributed by atoms with Crippen LogP contribution in [0.25, 0.3) is 5.65 Å². The first-order valence-electron chi connectivity index (χ1n) is 19.6. The quantitative estimate of drug-likeness (QED) is 0.186. The van der Waals surface area contributed by atoms with Crippen molar-refractivity contribution >= 4 is 41.0 Å². The number of sulfonamides is 1. The topological polar surface area (TPSA) is 151 Å². The lowest BCUT2D eigenvalue weighted by Crippen LogP contribution is -2.60. The van der Waals surface area contributed by atoms with Crippen molar-refractivity contribution in [3.63, 3.8) is 0 Å². The minimum absolute atomic E-state index is 0. The molecule has 1 aliphatic carbocycles. The fourth-order valence-electron chi connectivity index (χ4n) is 8.57. The van der Waals surface area contributed by atoms with Crippen molar-refractivity contribution in [2.45, 2.75) is 109 Å². The molecule has 4 aliphatic rings. The Labute approximate surface area is 336 Å². The van der Waals surface area contributed by atoms with Crippen LogP contribution in [0.4, 0.5) is 5.82 Å². The van der Waals surface area contributed by atoms with E-state index in [1.807, 2.05) is 55.6 Å². The summed E-state index contributed by atoms with van der Waals surface area (Å²) in [5.74, 6) is 0.536. The Morgan fingerprint density at radius 3 is 2.45 bits per heavy atom. The number of likely N-dealkylation sites (tertiary alicyclic amines) is 1. The number of aromatic nitrogens is 4. The molecule has 8 rings (SSSR count). The van der Waals surface area contributed by atoms with Crippen LogP contribution >= 0.6 is 13.5 Å². The molecule has 1 aromatic carbocycles. The van der Waals surface area contributed by atoms with Crippen molar-refractivity contribution in [2.75, 3.05) is 44.7 Å². The third-order valence-corrected chi connectivity index (χ3v) is 13.9. The van der Waals surface area contributed by atoms with Crippen molar-refractivity contribution < 1.29 is 27.8 Å². The molecule has 2 saturated heterocycles. The monoisotopic (exact) mass is 805 g/mol. The molecule has 3 fully saturated rings. The number of anilines is 1. The van der Waals surface area contributed by atoms with E-state index < -0.39 is 32.9 Å². The van der Waals surface area contributed by atoms with Crippen LogP contribution in [0, 0.1) is 26.2 Å². The van der Waals surface area contributed by atoms with E-state index in [2.05, 4.69) is 27.3 Å². The Morgan fingerprint density at radius 1 is 1.05 bits per heavy atom. The molecule has 0 bridgehead atoms. The second-order valence-corrected chi connectivity index (χ2v) is 18.9. The predicted molar refractivity (Wildman–Crippen MR) is 219 cm³/mol. The van der Waals surface area contributed by atoms with Crippen molar-refractivity contribution in [3.05, 3.63) is 75.7 Å². The number of nitrogens with one attached hydrogen (secondary N) is 1. The zero-order chi connectivity index (χ0) is 38.9. The summed E-state index contributed by atoms with van der Waals surface area (Å²) in [7, 11) is -4.09. The van der Waals surface area contributed by atoms with Gasteiger partial charge in [-0.3, -0.25) is 9.20 Å². The Hall–Kier alpha value is -3.76. The molecule has 56 heavy (non-hydrogen) atoms. The van der Waals surface area contributed by atoms with E-state index in [4.69, 9.17) is 14.5 Å². The van der Waals surface area contributed by atoms with E-state index in [9.17, 15) is 18.3 Å². The van der Waals surface area contributed by atoms with Crippen LogP contribution < -0.4 is 10.1 Å². The molecule has 0 unspecified atom stereocenters. The average molecular weight is 806 g/mol. The van der Waals surface area contributed by atoms with Gasteiger partial charge in [-0.15, -0.1) is 10.2 Å². The van der Waals surface area contributed by atoms with Gasteiger partial charge in [-0.25, -0.2) is 8.42 Å². The van der Waals surface area contributed by atoms with Crippen molar-refractivity contribution in [1.29, 1.82) is 0 Å². The zero-order valence-corrected chi connectivity index (χ0v) is 35.1. The maximum absolute atomic E-state index is 14.7. The van der Waals surface area contributed by atoms with Gasteiger partial charge in [-0.05, 0) is 126 Å². The summed E-state index contributed by atoms with van der Waals surface area (Å²) >= 11 is 0. The highest BCUT2D eigenvalue weighted by atomic mass is 32.2. The highest BCUT2D eigenvalue weighted by molar-refractivity contribution is 7.89. The molecular weight excluding hydrogens is 751 g/mol. The molecule has 302 valence electrons. The minimum Gasteiger partial charge on any atom is -0.481 e. The number of carboxylic acid groups (broad SMARTS) is 1. The number of ether oxygens (including phenoxy) is 2. The third-order valence-electron chi connectivity index (χ3n) is 12.1. The molecule has 1 saturated carbocycles. The number of hydrogen-bond donors (Lipinski definition) is 2. The summed E-state index contributed by atoms with van der Waals surface area (Å²) in [6.07, 6.45) is 7.83. The number of pyridine rings is 2. The molecule has 3 aliphatic heterocycles. The maximum atomic E-state index is 14.7. The van der Waals surface area contributed by atoms with Crippen LogP contribution in [0.5, 0.6) is 5.88 Å². The number of hydrogen-bond acceptors (Lipinski definition) is 10. The number of carboxylic acids is 1. The van der Waals surface area contributed by atoms with Crippen LogP contribution in [0.1, 0.15) is 104 Å². The molecule has 0 radical (unpaired) electrons. The molecule has 13 nitrogen and oxygen atoms in total. The summed E-state index contributed by atoms with van der Waals surface area (Å²) in [5, 5.41) is 23.1. The number of piperidine rings is 1. The summed E-state index contributed by atoms with van der Waals surface area (Å²) in [6.45, 7) is 15.1. The Balaban J connectivity index is 0.00000480. The molecule has 3 aromatic heterocycles. The van der Waals surface area contributed by atoms with Crippen LogP contribution in [0.15, 0.2) is 41.4 Å². The van der Waals surface area contributed by atoms with Crippen molar-refractivity contribution in [1.82, 2.24) is 28.8 Å². The normalized spacial score (nSPS) is 20.6. The lowest BCUT2D eigenvalue weighted by Gasteiger charge is -2.41. The van der Waals surface area contributed by atoms with E-state index in [0.29, 0.717) is 11.7 Å². The van der Waals surface area contributed by atoms with E-state index in [0.717, 1.165) is 77.3 Å². The zero-order valence-electron chi connectivity index (χ0n) is 33.3. The van der Waals surface area contributed by atoms with E-state index in [1.54, 1.807) is 19.9 Å². The highest BCUT2D eigenvalue weighted by Gasteiger charge is 2.50. The number of fused-ring (bicyclic) bond motifs is 2. The standard InChI is InChI=1S/C41H53N7O6S.H2S/c1-25-10-11-30(34(40(5,6)39(49)50)32-14-17-48-36(28(32)4)44-45-37(48)29-12-13-29)19-31(25)21-47-22-41(23-53-24-41)54-38-33(55(47,51)52)18-26(2)35(43-38)42-27(3)20-46-15-8-7-9-16-46;/h10-11,14,17-19,27,29,34H,7-9,12-13,15-16,20-24H2,1-6H3,(H,42,43)(H,49,50);1H2/t27-,34+;/m0./s1. The molecule has 2 atom stereocenters. The number of carbonyl (C=O) groups is 1. The van der Waals surface area contributed by atoms with Gasteiger partial charge in [-0.1, -0.05) is 24.6 Å². The fraction of sp³-hybridized carbons (Fsp3) is 0.561. The first-order valence-corrected chi connectivity index (χ1v) is 21.1. The first kappa shape index (κ1) is 40.4. The number of benzene rings is 1. The van der Waals surface area contributed by atoms with E-state index >= 15 is 0 Å². The van der Waals surface area contributed by atoms with E-state index in [-0.39, 0.29) is 56.6 Å². The fourth-order valence-corrected chi connectivity index (χ4v) is 10.2. The van der Waals surface area contributed by atoms with Gasteiger partial charge in [0.2, 0.25) is 15.9 Å². The SMILES string of the molecule is Cc1ccc([C@H](c2ccn3c(C4CC4)nnc3c2C)C(C)(C)C(=O)O)cc1CN1CC2(COC2)Oc2nc(N[C@@H](C)CN3CCCCC3)c(C)cc2S1(=O)=O.S. The molecule has 6 heterocycles. The molecule has 1 spiro atoms. The Kier molecular flexibility index (Phi) is 11.0. The lowest BCUT2D eigenvalue weighted by atomic mass is 9.70. The summed E-state index contributed by atoms with van der Waals surface area (Å²) < 4.78 is 45.0. The van der Waals surface area contributed by atoms with Crippen molar-refractivity contribution in [3.8, 4) is 5.88 Å². The van der Waals surface area contributed by atoms with Gasteiger partial charge in [0, 0.05) is 37.2 Å². The number of aryl methyl sites for hydroxylation is 3. The maximum Gasteiger partial charge on any atom is 0.310 e. The van der Waals surface area contributed by atoms with Gasteiger partial charge >= 0.3 is 5.97 Å². The molecule has 4 aromatic rings. The molecule has 15 heteroatoms. The second-order valence-electron chi connectivity index (χ2n) is 17.0. The van der Waals surface area contributed by atoms with Crippen LogP contribution in [0.2, 0.25) is 0 Å². The largest absolute Gasteiger partial charge is 0.481 e. The smallest absolute Gasteiger partial charge is 0.310 e. The average Bonchev–Trinajstić information content (AvgIpc) is 3.89. The summed E-state index contributed by atoms with van der Waals surface area (Å²) in [4.78, 5) is 20.3. The lowest BCUT2D eigenvalue weighted by molar-refractivity contribution is -0.166. The number of nitrogens with zero attached hydrogens (tertiary/aromatic N) is 6. The Morgan fingerprint density at radius 2 is 1.79 bits per heavy atom. The molecule has 0 amide bonds. The van der Waals surface area contributed by atoms with Gasteiger partial charge in [0.05, 0.1) is 25.2 Å². The number of rotatable bonds is 11. The highest BCUT2D eigenvalue weighted by Crippen LogP contribution is 2.45. The third kappa shape index (κ3) is 7.41. The van der Waals surface area contributed by atoms with Gasteiger partial charge in [0.25, 0.3) is 0 Å². The summed E-state index contributed by atoms with van der Waals surface area (Å²) in [6, 6.07) is 9.66. The summed E-state index contributed by atoms with van der Waals surface area (Å²) in [5.41, 5.74) is 3.50. The molecular formula is C41H55N7O6S2. The van der Waals surface area contributed by atoms with E-state index in [1.165, 1.54) is 23.6 Å². The van der Waals surface area contributed by atoms with Gasteiger partial charge in [0.1, 0.15) is 16.5 Å². The predicted octanol–water partition coefficient (Wildman–Crippen LogP) is 5.92. The van der Waals surface area contributed by atoms with Crippen LogP contribution in [-0.2, 0) is 26.1 Å². The van der Waals surface area contributed by atoms with Crippen LogP contribution in [-0.4, -0.2) is 99.3 Å². The van der Waals surface area contributed by atoms with Gasteiger partial charge in [-0.2, -0.15) is 22.8 Å². The van der Waals surface area contributed by atoms with Gasteiger partial charge < -0.3 is 24.8 Å².